The van der Waals surface area contributed by atoms with Crippen LogP contribution < -0.4 is 10.1 Å². The van der Waals surface area contributed by atoms with E-state index in [-0.39, 0.29) is 12.5 Å². The lowest BCUT2D eigenvalue weighted by Crippen LogP contribution is -2.21. The number of amides is 1. The molecule has 0 radical (unpaired) electrons. The molecule has 4 aromatic rings. The third-order valence-corrected chi connectivity index (χ3v) is 4.58. The number of pyridine rings is 1. The van der Waals surface area contributed by atoms with Crippen molar-refractivity contribution >= 4 is 17.4 Å². The molecule has 3 aromatic heterocycles. The van der Waals surface area contributed by atoms with Crippen molar-refractivity contribution in [1.82, 2.24) is 19.6 Å². The minimum absolute atomic E-state index is 0.0579. The lowest BCUT2D eigenvalue weighted by atomic mass is 10.1. The van der Waals surface area contributed by atoms with Crippen molar-refractivity contribution in [3.8, 4) is 17.0 Å². The third kappa shape index (κ3) is 4.37. The van der Waals surface area contributed by atoms with Crippen molar-refractivity contribution in [3.05, 3.63) is 72.2 Å². The number of nitrogens with one attached hydrogen (secondary N) is 1. The molecular formula is C22H21N5O4. The van der Waals surface area contributed by atoms with E-state index in [4.69, 9.17) is 9.84 Å². The maximum Gasteiger partial charge on any atom is 0.277 e. The van der Waals surface area contributed by atoms with Crippen molar-refractivity contribution in [2.45, 2.75) is 13.0 Å². The summed E-state index contributed by atoms with van der Waals surface area (Å²) in [6.45, 7) is 1.29. The summed E-state index contributed by atoms with van der Waals surface area (Å²) < 4.78 is 7.14. The van der Waals surface area contributed by atoms with Crippen molar-refractivity contribution in [2.24, 2.45) is 0 Å². The SMILES string of the molecule is Cc1nc2ccc(-c3ccccc3OC[C@H](O)CO)nn2c1C(=O)Nc1ccccn1. The van der Waals surface area contributed by atoms with Gasteiger partial charge in [-0.2, -0.15) is 5.10 Å². The number of aliphatic hydroxyl groups is 2. The number of fused-ring (bicyclic) bond motifs is 1. The first-order valence-corrected chi connectivity index (χ1v) is 9.66. The van der Waals surface area contributed by atoms with Gasteiger partial charge in [0.25, 0.3) is 5.91 Å². The van der Waals surface area contributed by atoms with Gasteiger partial charge in [-0.15, -0.1) is 0 Å². The highest BCUT2D eigenvalue weighted by atomic mass is 16.5. The fraction of sp³-hybridized carbons (Fsp3) is 0.182. The highest BCUT2D eigenvalue weighted by Crippen LogP contribution is 2.29. The van der Waals surface area contributed by atoms with E-state index in [0.717, 1.165) is 0 Å². The van der Waals surface area contributed by atoms with E-state index < -0.39 is 12.7 Å². The van der Waals surface area contributed by atoms with Crippen LogP contribution in [0.4, 0.5) is 5.82 Å². The van der Waals surface area contributed by atoms with Crippen LogP contribution in [-0.4, -0.2) is 55.0 Å². The molecule has 0 fully saturated rings. The van der Waals surface area contributed by atoms with Gasteiger partial charge in [-0.3, -0.25) is 4.79 Å². The highest BCUT2D eigenvalue weighted by Gasteiger charge is 2.19. The van der Waals surface area contributed by atoms with Gasteiger partial charge < -0.3 is 20.3 Å². The molecule has 0 bridgehead atoms. The summed E-state index contributed by atoms with van der Waals surface area (Å²) in [6.07, 6.45) is 0.611. The Hall–Kier alpha value is -3.82. The Kier molecular flexibility index (Phi) is 5.87. The number of carbonyl (C=O) groups excluding carboxylic acids is 1. The molecule has 9 nitrogen and oxygen atoms in total. The Bertz CT molecular complexity index is 1210. The zero-order valence-corrected chi connectivity index (χ0v) is 16.8. The van der Waals surface area contributed by atoms with Crippen molar-refractivity contribution < 1.29 is 19.7 Å². The number of anilines is 1. The summed E-state index contributed by atoms with van der Waals surface area (Å²) in [7, 11) is 0. The number of hydrogen-bond donors (Lipinski definition) is 3. The monoisotopic (exact) mass is 419 g/mol. The van der Waals surface area contributed by atoms with E-state index in [9.17, 15) is 9.90 Å². The lowest BCUT2D eigenvalue weighted by Gasteiger charge is -2.13. The van der Waals surface area contributed by atoms with E-state index >= 15 is 0 Å². The molecule has 3 heterocycles. The second-order valence-electron chi connectivity index (χ2n) is 6.85. The average molecular weight is 419 g/mol. The van der Waals surface area contributed by atoms with Crippen molar-refractivity contribution in [3.63, 3.8) is 0 Å². The van der Waals surface area contributed by atoms with Gasteiger partial charge in [-0.05, 0) is 43.3 Å². The number of rotatable bonds is 7. The van der Waals surface area contributed by atoms with Crippen LogP contribution in [0.2, 0.25) is 0 Å². The topological polar surface area (TPSA) is 122 Å². The molecule has 1 amide bonds. The lowest BCUT2D eigenvalue weighted by molar-refractivity contribution is 0.0538. The van der Waals surface area contributed by atoms with Gasteiger partial charge in [0.15, 0.2) is 11.3 Å². The highest BCUT2D eigenvalue weighted by molar-refractivity contribution is 6.03. The molecule has 3 N–H and O–H groups in total. The summed E-state index contributed by atoms with van der Waals surface area (Å²) in [5.41, 5.74) is 2.61. The van der Waals surface area contributed by atoms with Crippen LogP contribution in [0.5, 0.6) is 5.75 Å². The van der Waals surface area contributed by atoms with Crippen molar-refractivity contribution in [1.29, 1.82) is 0 Å². The quantitative estimate of drug-likeness (QED) is 0.419. The molecular weight excluding hydrogens is 398 g/mol. The van der Waals surface area contributed by atoms with Gasteiger partial charge in [0, 0.05) is 11.8 Å². The van der Waals surface area contributed by atoms with Gasteiger partial charge in [-0.25, -0.2) is 14.5 Å². The molecule has 0 unspecified atom stereocenters. The predicted molar refractivity (Wildman–Crippen MR) is 114 cm³/mol. The summed E-state index contributed by atoms with van der Waals surface area (Å²) in [5, 5.41) is 26.0. The van der Waals surface area contributed by atoms with Crippen LogP contribution >= 0.6 is 0 Å². The van der Waals surface area contributed by atoms with E-state index in [1.807, 2.05) is 12.1 Å². The maximum absolute atomic E-state index is 12.9. The Morgan fingerprint density at radius 1 is 1.16 bits per heavy atom. The smallest absolute Gasteiger partial charge is 0.277 e. The van der Waals surface area contributed by atoms with Crippen LogP contribution in [0.1, 0.15) is 16.2 Å². The summed E-state index contributed by atoms with van der Waals surface area (Å²) in [5.74, 6) is 0.557. The Morgan fingerprint density at radius 3 is 2.74 bits per heavy atom. The predicted octanol–water partition coefficient (Wildman–Crippen LogP) is 2.08. The number of aliphatic hydroxyl groups excluding tert-OH is 2. The second-order valence-corrected chi connectivity index (χ2v) is 6.85. The number of aromatic nitrogens is 4. The van der Waals surface area contributed by atoms with Crippen LogP contribution in [0, 0.1) is 6.92 Å². The molecule has 0 spiro atoms. The molecule has 158 valence electrons. The standard InChI is InChI=1S/C22H21N5O4/c1-14-21(22(30)25-19-8-4-5-11-23-19)27-20(24-14)10-9-17(26-27)16-6-2-3-7-18(16)31-13-15(29)12-28/h2-11,15,28-29H,12-13H2,1H3,(H,23,25,30)/t15-/m1/s1. The van der Waals surface area contributed by atoms with E-state index in [1.165, 1.54) is 4.52 Å². The summed E-state index contributed by atoms with van der Waals surface area (Å²) in [4.78, 5) is 21.5. The van der Waals surface area contributed by atoms with Crippen molar-refractivity contribution in [2.75, 3.05) is 18.5 Å². The molecule has 1 aromatic carbocycles. The number of para-hydroxylation sites is 1. The summed E-state index contributed by atoms with van der Waals surface area (Å²) >= 11 is 0. The molecule has 0 aliphatic rings. The minimum Gasteiger partial charge on any atom is -0.490 e. The Labute approximate surface area is 178 Å². The molecule has 0 saturated carbocycles. The first-order chi connectivity index (χ1) is 15.1. The van der Waals surface area contributed by atoms with Gasteiger partial charge in [0.1, 0.15) is 24.3 Å². The number of aryl methyl sites for hydroxylation is 1. The number of hydrogen-bond acceptors (Lipinski definition) is 7. The van der Waals surface area contributed by atoms with E-state index in [1.54, 1.807) is 55.6 Å². The molecule has 0 aliphatic carbocycles. The average Bonchev–Trinajstić information content (AvgIpc) is 3.13. The molecule has 31 heavy (non-hydrogen) atoms. The molecule has 0 saturated heterocycles. The largest absolute Gasteiger partial charge is 0.490 e. The summed E-state index contributed by atoms with van der Waals surface area (Å²) in [6, 6.07) is 16.0. The van der Waals surface area contributed by atoms with Gasteiger partial charge >= 0.3 is 0 Å². The Balaban J connectivity index is 1.70. The normalized spacial score (nSPS) is 12.0. The number of nitrogens with zero attached hydrogens (tertiary/aromatic N) is 4. The van der Waals surface area contributed by atoms with Crippen LogP contribution in [0.25, 0.3) is 16.9 Å². The fourth-order valence-electron chi connectivity index (χ4n) is 3.10. The molecule has 0 aliphatic heterocycles. The number of benzene rings is 1. The third-order valence-electron chi connectivity index (χ3n) is 4.58. The van der Waals surface area contributed by atoms with Gasteiger partial charge in [0.05, 0.1) is 18.0 Å². The number of carbonyl (C=O) groups is 1. The maximum atomic E-state index is 12.9. The number of imidazole rings is 1. The first-order valence-electron chi connectivity index (χ1n) is 9.66. The van der Waals surface area contributed by atoms with Crippen LogP contribution in [0.15, 0.2) is 60.8 Å². The van der Waals surface area contributed by atoms with Gasteiger partial charge in [-0.1, -0.05) is 18.2 Å². The van der Waals surface area contributed by atoms with E-state index in [0.29, 0.717) is 39.9 Å². The van der Waals surface area contributed by atoms with Gasteiger partial charge in [0.2, 0.25) is 0 Å². The number of ether oxygens (including phenoxy) is 1. The van der Waals surface area contributed by atoms with Crippen LogP contribution in [0.3, 0.4) is 0 Å². The molecule has 9 heteroatoms. The van der Waals surface area contributed by atoms with Crippen LogP contribution in [-0.2, 0) is 0 Å². The Morgan fingerprint density at radius 2 is 1.97 bits per heavy atom. The first kappa shape index (κ1) is 20.5. The van der Waals surface area contributed by atoms with E-state index in [2.05, 4.69) is 20.4 Å². The fourth-order valence-corrected chi connectivity index (χ4v) is 3.10. The molecule has 1 atom stereocenters. The zero-order valence-electron chi connectivity index (χ0n) is 16.8. The zero-order chi connectivity index (χ0) is 21.8. The second kappa shape index (κ2) is 8.90. The minimum atomic E-state index is -0.985. The molecule has 4 rings (SSSR count).